The van der Waals surface area contributed by atoms with Crippen LogP contribution in [0.1, 0.15) is 17.8 Å². The quantitative estimate of drug-likeness (QED) is 0.764. The molecule has 1 aromatic carbocycles. The Balaban J connectivity index is 1.28. The first-order valence-corrected chi connectivity index (χ1v) is 8.53. The molecule has 1 aliphatic heterocycles. The lowest BCUT2D eigenvalue weighted by molar-refractivity contribution is -0.126. The average molecular weight is 336 g/mol. The number of aryl methyl sites for hydroxylation is 1. The van der Waals surface area contributed by atoms with Crippen LogP contribution in [0.3, 0.4) is 0 Å². The maximum Gasteiger partial charge on any atom is 0.225 e. The molecule has 1 unspecified atom stereocenters. The van der Waals surface area contributed by atoms with E-state index >= 15 is 0 Å². The Kier molecular flexibility index (Phi) is 4.28. The fraction of sp³-hybridized carbons (Fsp3) is 0.333. The first-order valence-electron chi connectivity index (χ1n) is 8.53. The number of hydrogen-bond acceptors (Lipinski definition) is 4. The van der Waals surface area contributed by atoms with E-state index in [0.717, 1.165) is 36.3 Å². The number of aromatic nitrogens is 5. The van der Waals surface area contributed by atoms with Gasteiger partial charge in [0.05, 0.1) is 24.3 Å². The SMILES string of the molecule is O=C(NCCc1cnn(-c2ccccc2)c1)C1CCc2ncnn2C1. The molecule has 7 heteroatoms. The minimum Gasteiger partial charge on any atom is -0.355 e. The van der Waals surface area contributed by atoms with Crippen molar-refractivity contribution >= 4 is 5.91 Å². The van der Waals surface area contributed by atoms with Crippen LogP contribution in [0.25, 0.3) is 5.69 Å². The topological polar surface area (TPSA) is 77.6 Å². The smallest absolute Gasteiger partial charge is 0.225 e. The number of carbonyl (C=O) groups is 1. The third kappa shape index (κ3) is 3.45. The van der Waals surface area contributed by atoms with E-state index in [-0.39, 0.29) is 11.8 Å². The lowest BCUT2D eigenvalue weighted by atomic mass is 9.99. The van der Waals surface area contributed by atoms with E-state index in [4.69, 9.17) is 0 Å². The first-order chi connectivity index (χ1) is 12.3. The van der Waals surface area contributed by atoms with E-state index in [9.17, 15) is 4.79 Å². The van der Waals surface area contributed by atoms with E-state index in [1.165, 1.54) is 0 Å². The van der Waals surface area contributed by atoms with Gasteiger partial charge in [-0.25, -0.2) is 14.3 Å². The molecule has 0 saturated carbocycles. The summed E-state index contributed by atoms with van der Waals surface area (Å²) in [5.74, 6) is 1.04. The van der Waals surface area contributed by atoms with Crippen LogP contribution in [0.5, 0.6) is 0 Å². The lowest BCUT2D eigenvalue weighted by Crippen LogP contribution is -2.37. The highest BCUT2D eigenvalue weighted by molar-refractivity contribution is 5.78. The highest BCUT2D eigenvalue weighted by Gasteiger charge is 2.25. The second-order valence-corrected chi connectivity index (χ2v) is 6.26. The summed E-state index contributed by atoms with van der Waals surface area (Å²) in [6.07, 6.45) is 7.81. The van der Waals surface area contributed by atoms with Crippen molar-refractivity contribution in [3.8, 4) is 5.69 Å². The monoisotopic (exact) mass is 336 g/mol. The minimum absolute atomic E-state index is 0.0266. The van der Waals surface area contributed by atoms with Crippen LogP contribution in [-0.4, -0.2) is 37.0 Å². The van der Waals surface area contributed by atoms with Gasteiger partial charge in [0.1, 0.15) is 12.2 Å². The zero-order valence-corrected chi connectivity index (χ0v) is 13.9. The van der Waals surface area contributed by atoms with Crippen molar-refractivity contribution in [2.45, 2.75) is 25.8 Å². The van der Waals surface area contributed by atoms with Crippen LogP contribution in [-0.2, 0) is 24.2 Å². The standard InChI is InChI=1S/C18H20N6O/c25-18(15-6-7-17-20-13-22-24(17)12-15)19-9-8-14-10-21-23(11-14)16-4-2-1-3-5-16/h1-5,10-11,13,15H,6-9,12H2,(H,19,25). The molecule has 1 aliphatic rings. The van der Waals surface area contributed by atoms with Crippen LogP contribution in [0, 0.1) is 5.92 Å². The van der Waals surface area contributed by atoms with Gasteiger partial charge in [-0.3, -0.25) is 4.79 Å². The summed E-state index contributed by atoms with van der Waals surface area (Å²) in [5, 5.41) is 11.6. The molecule has 128 valence electrons. The number of benzene rings is 1. The van der Waals surface area contributed by atoms with Gasteiger partial charge in [0, 0.05) is 19.2 Å². The van der Waals surface area contributed by atoms with Gasteiger partial charge < -0.3 is 5.32 Å². The van der Waals surface area contributed by atoms with E-state index in [1.807, 2.05) is 52.1 Å². The summed E-state index contributed by atoms with van der Waals surface area (Å²) in [7, 11) is 0. The molecule has 3 aromatic rings. The number of amides is 1. The van der Waals surface area contributed by atoms with Crippen LogP contribution in [0.15, 0.2) is 49.1 Å². The molecule has 0 bridgehead atoms. The van der Waals surface area contributed by atoms with Crippen molar-refractivity contribution < 1.29 is 4.79 Å². The zero-order valence-electron chi connectivity index (χ0n) is 13.9. The Hall–Kier alpha value is -2.96. The molecule has 0 radical (unpaired) electrons. The molecule has 0 aliphatic carbocycles. The molecule has 4 rings (SSSR count). The Morgan fingerprint density at radius 3 is 3.00 bits per heavy atom. The van der Waals surface area contributed by atoms with Gasteiger partial charge in [-0.15, -0.1) is 0 Å². The van der Waals surface area contributed by atoms with E-state index in [0.29, 0.717) is 13.1 Å². The highest BCUT2D eigenvalue weighted by atomic mass is 16.1. The number of rotatable bonds is 5. The molecule has 1 N–H and O–H groups in total. The molecule has 1 atom stereocenters. The van der Waals surface area contributed by atoms with Crippen LogP contribution < -0.4 is 5.32 Å². The van der Waals surface area contributed by atoms with Gasteiger partial charge in [-0.1, -0.05) is 18.2 Å². The molecular weight excluding hydrogens is 316 g/mol. The largest absolute Gasteiger partial charge is 0.355 e. The van der Waals surface area contributed by atoms with E-state index in [1.54, 1.807) is 6.33 Å². The molecule has 2 aromatic heterocycles. The van der Waals surface area contributed by atoms with Crippen molar-refractivity contribution in [3.63, 3.8) is 0 Å². The van der Waals surface area contributed by atoms with Gasteiger partial charge in [0.25, 0.3) is 0 Å². The number of nitrogens with one attached hydrogen (secondary N) is 1. The summed E-state index contributed by atoms with van der Waals surface area (Å²) in [4.78, 5) is 16.5. The first kappa shape index (κ1) is 15.6. The van der Waals surface area contributed by atoms with E-state index in [2.05, 4.69) is 20.5 Å². The van der Waals surface area contributed by atoms with Crippen molar-refractivity contribution in [3.05, 3.63) is 60.4 Å². The van der Waals surface area contributed by atoms with Crippen LogP contribution in [0.2, 0.25) is 0 Å². The predicted molar refractivity (Wildman–Crippen MR) is 92.1 cm³/mol. The second-order valence-electron chi connectivity index (χ2n) is 6.26. The van der Waals surface area contributed by atoms with Crippen LogP contribution in [0.4, 0.5) is 0 Å². The van der Waals surface area contributed by atoms with E-state index < -0.39 is 0 Å². The predicted octanol–water partition coefficient (Wildman–Crippen LogP) is 1.39. The summed E-state index contributed by atoms with van der Waals surface area (Å²) >= 11 is 0. The second kappa shape index (κ2) is 6.88. The number of hydrogen-bond donors (Lipinski definition) is 1. The molecule has 0 saturated heterocycles. The lowest BCUT2D eigenvalue weighted by Gasteiger charge is -2.21. The number of nitrogens with zero attached hydrogens (tertiary/aromatic N) is 5. The van der Waals surface area contributed by atoms with Crippen LogP contribution >= 0.6 is 0 Å². The molecule has 0 spiro atoms. The normalized spacial score (nSPS) is 16.4. The Labute approximate surface area is 145 Å². The third-order valence-electron chi connectivity index (χ3n) is 4.55. The van der Waals surface area contributed by atoms with Gasteiger partial charge in [-0.2, -0.15) is 10.2 Å². The van der Waals surface area contributed by atoms with Crippen molar-refractivity contribution in [2.24, 2.45) is 5.92 Å². The van der Waals surface area contributed by atoms with Crippen molar-refractivity contribution in [1.29, 1.82) is 0 Å². The molecule has 25 heavy (non-hydrogen) atoms. The van der Waals surface area contributed by atoms with Gasteiger partial charge >= 0.3 is 0 Å². The van der Waals surface area contributed by atoms with Gasteiger partial charge in [0.15, 0.2) is 0 Å². The van der Waals surface area contributed by atoms with Crippen molar-refractivity contribution in [1.82, 2.24) is 29.9 Å². The average Bonchev–Trinajstić information content (AvgIpc) is 3.31. The zero-order chi connectivity index (χ0) is 17.1. The number of carbonyl (C=O) groups excluding carboxylic acids is 1. The Morgan fingerprint density at radius 2 is 2.12 bits per heavy atom. The Bertz CT molecular complexity index is 853. The highest BCUT2D eigenvalue weighted by Crippen LogP contribution is 2.17. The van der Waals surface area contributed by atoms with Gasteiger partial charge in [0.2, 0.25) is 5.91 Å². The summed E-state index contributed by atoms with van der Waals surface area (Å²) < 4.78 is 3.68. The minimum atomic E-state index is -0.0266. The van der Waals surface area contributed by atoms with Gasteiger partial charge in [-0.05, 0) is 30.5 Å². The number of fused-ring (bicyclic) bond motifs is 1. The third-order valence-corrected chi connectivity index (χ3v) is 4.55. The fourth-order valence-corrected chi connectivity index (χ4v) is 3.14. The summed E-state index contributed by atoms with van der Waals surface area (Å²) in [5.41, 5.74) is 2.13. The van der Waals surface area contributed by atoms with Crippen molar-refractivity contribution in [2.75, 3.05) is 6.54 Å². The summed E-state index contributed by atoms with van der Waals surface area (Å²) in [6, 6.07) is 9.99. The Morgan fingerprint density at radius 1 is 1.24 bits per heavy atom. The number of para-hydroxylation sites is 1. The molecule has 7 nitrogen and oxygen atoms in total. The molecule has 1 amide bonds. The maximum atomic E-state index is 12.4. The molecule has 0 fully saturated rings. The molecular formula is C18H20N6O. The fourth-order valence-electron chi connectivity index (χ4n) is 3.14. The maximum absolute atomic E-state index is 12.4. The summed E-state index contributed by atoms with van der Waals surface area (Å²) in [6.45, 7) is 1.23. The molecule has 3 heterocycles.